The number of nitrogens with zero attached hydrogens (tertiary/aromatic N) is 1. The first kappa shape index (κ1) is 28.2. The average Bonchev–Trinajstić information content (AvgIpc) is 2.80. The summed E-state index contributed by atoms with van der Waals surface area (Å²) < 4.78 is 5.31. The molecule has 8 heteroatoms. The maximum atomic E-state index is 13.7. The molecule has 0 aliphatic rings. The lowest BCUT2D eigenvalue weighted by Crippen LogP contribution is -2.53. The van der Waals surface area contributed by atoms with Crippen LogP contribution in [-0.2, 0) is 20.9 Å². The van der Waals surface area contributed by atoms with Crippen LogP contribution in [0.3, 0.4) is 0 Å². The van der Waals surface area contributed by atoms with Gasteiger partial charge in [0.1, 0.15) is 17.4 Å². The number of carbonyl (C=O) groups is 3. The summed E-state index contributed by atoms with van der Waals surface area (Å²) in [5.41, 5.74) is 0.772. The van der Waals surface area contributed by atoms with Gasteiger partial charge in [0, 0.05) is 18.2 Å². The molecule has 2 rings (SSSR count). The van der Waals surface area contributed by atoms with Crippen LogP contribution < -0.4 is 10.6 Å². The van der Waals surface area contributed by atoms with Crippen LogP contribution in [0.4, 0.5) is 4.79 Å². The summed E-state index contributed by atoms with van der Waals surface area (Å²) >= 11 is 0. The van der Waals surface area contributed by atoms with E-state index in [0.29, 0.717) is 5.56 Å². The lowest BCUT2D eigenvalue weighted by atomic mass is 9.97. The van der Waals surface area contributed by atoms with Crippen molar-refractivity contribution in [2.24, 2.45) is 5.92 Å². The van der Waals surface area contributed by atoms with Crippen LogP contribution in [0.2, 0.25) is 0 Å². The summed E-state index contributed by atoms with van der Waals surface area (Å²) in [5, 5.41) is 16.1. The van der Waals surface area contributed by atoms with Crippen LogP contribution >= 0.6 is 0 Å². The fourth-order valence-corrected chi connectivity index (χ4v) is 3.54. The van der Waals surface area contributed by atoms with E-state index in [4.69, 9.17) is 11.2 Å². The quantitative estimate of drug-likeness (QED) is 0.380. The first-order valence-corrected chi connectivity index (χ1v) is 11.7. The molecule has 0 saturated heterocycles. The third-order valence-corrected chi connectivity index (χ3v) is 5.36. The van der Waals surface area contributed by atoms with Gasteiger partial charge in [-0.05, 0) is 44.7 Å². The van der Waals surface area contributed by atoms with E-state index in [1.54, 1.807) is 59.7 Å². The molecule has 0 aliphatic carbocycles. The van der Waals surface area contributed by atoms with E-state index in [2.05, 4.69) is 16.7 Å². The molecule has 2 unspecified atom stereocenters. The summed E-state index contributed by atoms with van der Waals surface area (Å²) in [5.74, 6) is -1.78. The smallest absolute Gasteiger partial charge is 0.408 e. The number of rotatable bonds is 8. The molecule has 0 aromatic heterocycles. The van der Waals surface area contributed by atoms with E-state index in [1.807, 2.05) is 30.3 Å². The Morgan fingerprint density at radius 2 is 1.72 bits per heavy atom. The van der Waals surface area contributed by atoms with E-state index >= 15 is 0 Å². The zero-order valence-corrected chi connectivity index (χ0v) is 21.7. The maximum Gasteiger partial charge on any atom is 0.408 e. The van der Waals surface area contributed by atoms with Gasteiger partial charge in [-0.1, -0.05) is 68.8 Å². The monoisotopic (exact) mass is 493 g/mol. The molecule has 192 valence electrons. The normalized spacial score (nSPS) is 12.7. The number of phenolic OH excluding ortho intramolecular Hbond substituents is 1. The number of para-hydroxylation sites is 1. The van der Waals surface area contributed by atoms with Gasteiger partial charge in [0.25, 0.3) is 5.91 Å². The van der Waals surface area contributed by atoms with E-state index in [-0.39, 0.29) is 23.8 Å². The van der Waals surface area contributed by atoms with Crippen LogP contribution in [0, 0.1) is 25.3 Å². The number of aryl methyl sites for hydroxylation is 1. The summed E-state index contributed by atoms with van der Waals surface area (Å²) in [6, 6.07) is 14.0. The Kier molecular flexibility index (Phi) is 9.51. The highest BCUT2D eigenvalue weighted by Crippen LogP contribution is 2.32. The molecular formula is C28H35N3O5. The Bertz CT molecular complexity index is 1120. The van der Waals surface area contributed by atoms with Crippen LogP contribution in [0.5, 0.6) is 5.75 Å². The minimum absolute atomic E-state index is 0.147. The Labute approximate surface area is 213 Å². The van der Waals surface area contributed by atoms with Gasteiger partial charge in [0.05, 0.1) is 0 Å². The first-order chi connectivity index (χ1) is 16.9. The van der Waals surface area contributed by atoms with Gasteiger partial charge in [-0.3, -0.25) is 14.5 Å². The lowest BCUT2D eigenvalue weighted by Gasteiger charge is -2.32. The van der Waals surface area contributed by atoms with Crippen molar-refractivity contribution in [1.82, 2.24) is 15.5 Å². The first-order valence-electron chi connectivity index (χ1n) is 11.7. The molecular weight excluding hydrogens is 458 g/mol. The molecule has 0 saturated carbocycles. The van der Waals surface area contributed by atoms with Crippen molar-refractivity contribution in [1.29, 1.82) is 0 Å². The van der Waals surface area contributed by atoms with Gasteiger partial charge in [0.2, 0.25) is 5.91 Å². The number of terminal acetylenes is 1. The highest BCUT2D eigenvalue weighted by Gasteiger charge is 2.38. The Hall–Kier alpha value is -3.99. The number of alkyl carbamates (subject to hydrolysis) is 1. The van der Waals surface area contributed by atoms with Gasteiger partial charge < -0.3 is 20.5 Å². The van der Waals surface area contributed by atoms with Crippen LogP contribution in [0.15, 0.2) is 48.5 Å². The van der Waals surface area contributed by atoms with Crippen molar-refractivity contribution in [3.8, 4) is 18.2 Å². The topological polar surface area (TPSA) is 108 Å². The summed E-state index contributed by atoms with van der Waals surface area (Å²) in [6.07, 6.45) is 4.98. The number of benzene rings is 2. The third-order valence-electron chi connectivity index (χ3n) is 5.36. The predicted molar refractivity (Wildman–Crippen MR) is 138 cm³/mol. The molecule has 0 heterocycles. The molecule has 8 nitrogen and oxygen atoms in total. The minimum Gasteiger partial charge on any atom is -0.507 e. The van der Waals surface area contributed by atoms with Crippen molar-refractivity contribution in [3.63, 3.8) is 0 Å². The molecule has 3 N–H and O–H groups in total. The van der Waals surface area contributed by atoms with Crippen LogP contribution in [-0.4, -0.2) is 39.6 Å². The van der Waals surface area contributed by atoms with Gasteiger partial charge >= 0.3 is 6.09 Å². The number of phenols is 1. The number of ether oxygens (including phenoxy) is 1. The van der Waals surface area contributed by atoms with Crippen molar-refractivity contribution in [2.45, 2.75) is 65.8 Å². The molecule has 0 bridgehead atoms. The number of aromatic hydroxyl groups is 1. The van der Waals surface area contributed by atoms with Crippen molar-refractivity contribution >= 4 is 17.9 Å². The average molecular weight is 494 g/mol. The highest BCUT2D eigenvalue weighted by molar-refractivity contribution is 5.93. The summed E-state index contributed by atoms with van der Waals surface area (Å²) in [6.45, 7) is 10.5. The number of hydrogen-bond donors (Lipinski definition) is 3. The van der Waals surface area contributed by atoms with E-state index in [1.165, 1.54) is 0 Å². The van der Waals surface area contributed by atoms with Crippen molar-refractivity contribution < 1.29 is 24.2 Å². The molecule has 2 aromatic rings. The third kappa shape index (κ3) is 7.51. The summed E-state index contributed by atoms with van der Waals surface area (Å²) in [7, 11) is 0. The van der Waals surface area contributed by atoms with Crippen LogP contribution in [0.25, 0.3) is 0 Å². The summed E-state index contributed by atoms with van der Waals surface area (Å²) in [4.78, 5) is 40.5. The number of hydrogen-bond acceptors (Lipinski definition) is 5. The Balaban J connectivity index is 2.44. The number of amides is 3. The fourth-order valence-electron chi connectivity index (χ4n) is 3.54. The SMILES string of the molecule is C#CN(C(=O)C(NC(=O)OC(C)(C)C)C(C)C)C(C(=O)NCc1ccccc1)c1cccc(C)c1O. The van der Waals surface area contributed by atoms with E-state index < -0.39 is 35.6 Å². The molecule has 2 atom stereocenters. The molecule has 0 radical (unpaired) electrons. The van der Waals surface area contributed by atoms with Crippen molar-refractivity contribution in [3.05, 3.63) is 65.2 Å². The zero-order valence-electron chi connectivity index (χ0n) is 21.7. The zero-order chi connectivity index (χ0) is 27.0. The molecule has 0 spiro atoms. The molecule has 36 heavy (non-hydrogen) atoms. The number of nitrogens with one attached hydrogen (secondary N) is 2. The molecule has 0 aliphatic heterocycles. The second-order valence-corrected chi connectivity index (χ2v) is 9.82. The lowest BCUT2D eigenvalue weighted by molar-refractivity contribution is -0.139. The molecule has 3 amide bonds. The standard InChI is InChI=1S/C28H35N3O5/c1-8-31(26(34)22(18(2)3)30-27(35)36-28(5,6)7)23(21-16-12-13-19(4)24(21)32)25(33)29-17-20-14-10-9-11-15-20/h1,9-16,18,22-23,32H,17H2,2-7H3,(H,29,33)(H,30,35). The Morgan fingerprint density at radius 3 is 2.28 bits per heavy atom. The molecule has 0 fully saturated rings. The van der Waals surface area contributed by atoms with Gasteiger partial charge in [0.15, 0.2) is 6.04 Å². The second kappa shape index (κ2) is 12.1. The van der Waals surface area contributed by atoms with Crippen molar-refractivity contribution in [2.75, 3.05) is 0 Å². The molecule has 2 aromatic carbocycles. The maximum absolute atomic E-state index is 13.7. The second-order valence-electron chi connectivity index (χ2n) is 9.82. The predicted octanol–water partition coefficient (Wildman–Crippen LogP) is 4.03. The van der Waals surface area contributed by atoms with Gasteiger partial charge in [-0.15, -0.1) is 0 Å². The minimum atomic E-state index is -1.34. The Morgan fingerprint density at radius 1 is 1.08 bits per heavy atom. The number of carbonyl (C=O) groups excluding carboxylic acids is 3. The van der Waals surface area contributed by atoms with Gasteiger partial charge in [-0.2, -0.15) is 0 Å². The van der Waals surface area contributed by atoms with Crippen LogP contribution in [0.1, 0.15) is 57.4 Å². The van der Waals surface area contributed by atoms with E-state index in [0.717, 1.165) is 10.5 Å². The highest BCUT2D eigenvalue weighted by atomic mass is 16.6. The largest absolute Gasteiger partial charge is 0.507 e. The fraction of sp³-hybridized carbons (Fsp3) is 0.393. The van der Waals surface area contributed by atoms with E-state index in [9.17, 15) is 19.5 Å². The van der Waals surface area contributed by atoms with Gasteiger partial charge in [-0.25, -0.2) is 4.79 Å².